The number of nitrogens with one attached hydrogen (secondary N) is 2. The van der Waals surface area contributed by atoms with Crippen molar-refractivity contribution in [2.75, 3.05) is 0 Å². The van der Waals surface area contributed by atoms with Gasteiger partial charge in [0.25, 0.3) is 5.56 Å². The number of amides is 2. The lowest BCUT2D eigenvalue weighted by Gasteiger charge is -2.28. The topological polar surface area (TPSA) is 115 Å². The normalized spacial score (nSPS) is 18.3. The SMILES string of the molecule is CC(C)NC(=O)Cn1c(=O)n(CC2CCC(C(=O)NCc3ccco3)CC2)c(=O)c2sccc21. The van der Waals surface area contributed by atoms with Gasteiger partial charge in [0.05, 0.1) is 18.3 Å². The van der Waals surface area contributed by atoms with Crippen LogP contribution in [0.15, 0.2) is 43.8 Å². The van der Waals surface area contributed by atoms with Crippen LogP contribution in [0.1, 0.15) is 45.3 Å². The first-order valence-electron chi connectivity index (χ1n) is 11.6. The second kappa shape index (κ2) is 10.4. The Labute approximate surface area is 200 Å². The maximum atomic E-state index is 13.2. The van der Waals surface area contributed by atoms with E-state index in [1.165, 1.54) is 20.5 Å². The summed E-state index contributed by atoms with van der Waals surface area (Å²) in [5.41, 5.74) is -0.283. The van der Waals surface area contributed by atoms with E-state index in [0.717, 1.165) is 12.8 Å². The maximum Gasteiger partial charge on any atom is 0.332 e. The van der Waals surface area contributed by atoms with Gasteiger partial charge in [0.15, 0.2) is 0 Å². The van der Waals surface area contributed by atoms with E-state index in [9.17, 15) is 19.2 Å². The highest BCUT2D eigenvalue weighted by Gasteiger charge is 2.28. The van der Waals surface area contributed by atoms with E-state index in [2.05, 4.69) is 10.6 Å². The fourth-order valence-electron chi connectivity index (χ4n) is 4.56. The minimum Gasteiger partial charge on any atom is -0.467 e. The van der Waals surface area contributed by atoms with Gasteiger partial charge in [-0.15, -0.1) is 11.3 Å². The van der Waals surface area contributed by atoms with Gasteiger partial charge in [-0.05, 0) is 69.0 Å². The van der Waals surface area contributed by atoms with E-state index >= 15 is 0 Å². The van der Waals surface area contributed by atoms with Crippen molar-refractivity contribution in [1.29, 1.82) is 0 Å². The minimum atomic E-state index is -0.465. The number of rotatable bonds is 8. The fraction of sp³-hybridized carbons (Fsp3) is 0.500. The Balaban J connectivity index is 1.44. The van der Waals surface area contributed by atoms with Crippen LogP contribution < -0.4 is 21.9 Å². The van der Waals surface area contributed by atoms with Crippen molar-refractivity contribution in [3.8, 4) is 0 Å². The molecule has 0 bridgehead atoms. The molecular formula is C24H30N4O5S. The lowest BCUT2D eigenvalue weighted by atomic mass is 9.81. The molecule has 1 aliphatic rings. The summed E-state index contributed by atoms with van der Waals surface area (Å²) in [5, 5.41) is 7.48. The number of nitrogens with zero attached hydrogens (tertiary/aromatic N) is 2. The third kappa shape index (κ3) is 5.32. The monoisotopic (exact) mass is 486 g/mol. The number of thiophene rings is 1. The van der Waals surface area contributed by atoms with E-state index in [1.54, 1.807) is 23.8 Å². The molecule has 34 heavy (non-hydrogen) atoms. The predicted octanol–water partition coefficient (Wildman–Crippen LogP) is 2.47. The van der Waals surface area contributed by atoms with Crippen LogP contribution in [0.4, 0.5) is 0 Å². The van der Waals surface area contributed by atoms with Gasteiger partial charge in [0.2, 0.25) is 11.8 Å². The predicted molar refractivity (Wildman–Crippen MR) is 130 cm³/mol. The van der Waals surface area contributed by atoms with Gasteiger partial charge in [-0.25, -0.2) is 4.79 Å². The summed E-state index contributed by atoms with van der Waals surface area (Å²) in [4.78, 5) is 51.2. The van der Waals surface area contributed by atoms with Crippen LogP contribution in [0, 0.1) is 11.8 Å². The van der Waals surface area contributed by atoms with E-state index in [1.807, 2.05) is 19.9 Å². The Morgan fingerprint density at radius 1 is 1.15 bits per heavy atom. The molecule has 3 aromatic heterocycles. The zero-order valence-corrected chi connectivity index (χ0v) is 20.2. The molecule has 2 N–H and O–H groups in total. The minimum absolute atomic E-state index is 0.00513. The van der Waals surface area contributed by atoms with Crippen molar-refractivity contribution >= 4 is 33.4 Å². The lowest BCUT2D eigenvalue weighted by Crippen LogP contribution is -2.44. The lowest BCUT2D eigenvalue weighted by molar-refractivity contribution is -0.126. The molecule has 4 rings (SSSR count). The molecule has 1 aliphatic carbocycles. The van der Waals surface area contributed by atoms with Crippen molar-refractivity contribution in [2.45, 2.75) is 65.2 Å². The Morgan fingerprint density at radius 3 is 2.59 bits per heavy atom. The molecule has 1 fully saturated rings. The van der Waals surface area contributed by atoms with E-state index in [0.29, 0.717) is 35.4 Å². The molecule has 0 unspecified atom stereocenters. The second-order valence-corrected chi connectivity index (χ2v) is 10.1. The number of carbonyl (C=O) groups is 2. The molecule has 0 aliphatic heterocycles. The first-order chi connectivity index (χ1) is 16.3. The largest absolute Gasteiger partial charge is 0.467 e. The Hall–Kier alpha value is -3.14. The Bertz CT molecular complexity index is 1260. The van der Waals surface area contributed by atoms with Crippen LogP contribution in [0.2, 0.25) is 0 Å². The van der Waals surface area contributed by atoms with Crippen LogP contribution in [0.3, 0.4) is 0 Å². The van der Waals surface area contributed by atoms with Gasteiger partial charge in [0, 0.05) is 18.5 Å². The maximum absolute atomic E-state index is 13.2. The highest BCUT2D eigenvalue weighted by Crippen LogP contribution is 2.30. The van der Waals surface area contributed by atoms with Gasteiger partial charge in [-0.1, -0.05) is 0 Å². The molecule has 182 valence electrons. The third-order valence-electron chi connectivity index (χ3n) is 6.26. The number of carbonyl (C=O) groups excluding carboxylic acids is 2. The van der Waals surface area contributed by atoms with Crippen molar-refractivity contribution in [2.24, 2.45) is 11.8 Å². The van der Waals surface area contributed by atoms with Crippen molar-refractivity contribution < 1.29 is 14.0 Å². The van der Waals surface area contributed by atoms with Crippen molar-refractivity contribution in [3.05, 3.63) is 56.4 Å². The molecule has 0 aromatic carbocycles. The summed E-state index contributed by atoms with van der Waals surface area (Å²) >= 11 is 1.28. The smallest absolute Gasteiger partial charge is 0.332 e. The summed E-state index contributed by atoms with van der Waals surface area (Å²) in [6, 6.07) is 5.27. The number of hydrogen-bond donors (Lipinski definition) is 2. The van der Waals surface area contributed by atoms with Crippen molar-refractivity contribution in [3.63, 3.8) is 0 Å². The second-order valence-electron chi connectivity index (χ2n) is 9.16. The van der Waals surface area contributed by atoms with Crippen LogP contribution in [0.5, 0.6) is 0 Å². The highest BCUT2D eigenvalue weighted by molar-refractivity contribution is 7.17. The molecule has 0 spiro atoms. The Kier molecular flexibility index (Phi) is 7.35. The zero-order chi connectivity index (χ0) is 24.2. The van der Waals surface area contributed by atoms with Gasteiger partial charge in [-0.2, -0.15) is 0 Å². The molecule has 3 heterocycles. The average Bonchev–Trinajstić information content (AvgIpc) is 3.50. The van der Waals surface area contributed by atoms with Gasteiger partial charge in [0.1, 0.15) is 17.0 Å². The summed E-state index contributed by atoms with van der Waals surface area (Å²) in [6.45, 7) is 4.24. The van der Waals surface area contributed by atoms with Gasteiger partial charge in [-0.3, -0.25) is 23.5 Å². The number of furan rings is 1. The first kappa shape index (κ1) is 24.0. The van der Waals surface area contributed by atoms with E-state index in [4.69, 9.17) is 4.42 Å². The molecule has 0 radical (unpaired) electrons. The number of fused-ring (bicyclic) bond motifs is 1. The Morgan fingerprint density at radius 2 is 1.91 bits per heavy atom. The summed E-state index contributed by atoms with van der Waals surface area (Å²) in [6.07, 6.45) is 4.49. The van der Waals surface area contributed by atoms with Crippen LogP contribution in [-0.2, 0) is 29.2 Å². The van der Waals surface area contributed by atoms with Gasteiger partial charge >= 0.3 is 5.69 Å². The molecule has 3 aromatic rings. The van der Waals surface area contributed by atoms with Crippen molar-refractivity contribution in [1.82, 2.24) is 19.8 Å². The number of aromatic nitrogens is 2. The first-order valence-corrected chi connectivity index (χ1v) is 12.5. The van der Waals surface area contributed by atoms with Gasteiger partial charge < -0.3 is 15.1 Å². The zero-order valence-electron chi connectivity index (χ0n) is 19.4. The molecule has 10 heteroatoms. The van der Waals surface area contributed by atoms with E-state index < -0.39 is 5.69 Å². The molecule has 1 saturated carbocycles. The number of hydrogen-bond acceptors (Lipinski definition) is 6. The molecule has 0 saturated heterocycles. The highest BCUT2D eigenvalue weighted by atomic mass is 32.1. The summed E-state index contributed by atoms with van der Waals surface area (Å²) < 4.78 is 8.38. The summed E-state index contributed by atoms with van der Waals surface area (Å²) in [5.74, 6) is 0.485. The molecule has 2 amide bonds. The summed E-state index contributed by atoms with van der Waals surface area (Å²) in [7, 11) is 0. The fourth-order valence-corrected chi connectivity index (χ4v) is 5.40. The average molecular weight is 487 g/mol. The molecule has 9 nitrogen and oxygen atoms in total. The van der Waals surface area contributed by atoms with Crippen LogP contribution in [-0.4, -0.2) is 27.0 Å². The van der Waals surface area contributed by atoms with Crippen LogP contribution in [0.25, 0.3) is 10.2 Å². The molecular weight excluding hydrogens is 456 g/mol. The quantitative estimate of drug-likeness (QED) is 0.508. The van der Waals surface area contributed by atoms with Crippen LogP contribution >= 0.6 is 11.3 Å². The standard InChI is InChI=1S/C24H30N4O5S/c1-15(2)26-20(29)14-27-19-9-11-34-21(19)23(31)28(24(27)32)13-16-5-7-17(8-6-16)22(30)25-12-18-4-3-10-33-18/h3-4,9-11,15-17H,5-8,12-14H2,1-2H3,(H,25,30)(H,26,29). The molecule has 0 atom stereocenters. The van der Waals surface area contributed by atoms with E-state index in [-0.39, 0.29) is 48.3 Å². The third-order valence-corrected chi connectivity index (χ3v) is 7.15.